The molecule has 2 rings (SSSR count). The first-order chi connectivity index (χ1) is 9.79. The number of carbonyl (C=O) groups excluding carboxylic acids is 1. The van der Waals surface area contributed by atoms with Gasteiger partial charge in [0.2, 0.25) is 0 Å². The molecular weight excluding hydrogens is 256 g/mol. The third kappa shape index (κ3) is 4.59. The number of nitrogens with two attached hydrogens (primary N) is 1. The molecule has 5 heteroatoms. The maximum absolute atomic E-state index is 10.1. The van der Waals surface area contributed by atoms with Gasteiger partial charge in [-0.3, -0.25) is 9.69 Å². The van der Waals surface area contributed by atoms with Gasteiger partial charge in [0.1, 0.15) is 6.61 Å². The van der Waals surface area contributed by atoms with Gasteiger partial charge in [-0.1, -0.05) is 30.3 Å². The van der Waals surface area contributed by atoms with Crippen molar-refractivity contribution in [3.05, 3.63) is 35.9 Å². The van der Waals surface area contributed by atoms with Crippen molar-refractivity contribution >= 4 is 6.47 Å². The van der Waals surface area contributed by atoms with E-state index in [9.17, 15) is 4.79 Å². The molecule has 1 heterocycles. The molecule has 0 bridgehead atoms. The van der Waals surface area contributed by atoms with E-state index in [1.54, 1.807) is 0 Å². The van der Waals surface area contributed by atoms with E-state index >= 15 is 0 Å². The topological polar surface area (TPSA) is 64.8 Å². The second kappa shape index (κ2) is 7.99. The van der Waals surface area contributed by atoms with Crippen LogP contribution < -0.4 is 5.73 Å². The largest absolute Gasteiger partial charge is 0.467 e. The van der Waals surface area contributed by atoms with E-state index in [-0.39, 0.29) is 12.1 Å². The molecule has 0 aromatic heterocycles. The summed E-state index contributed by atoms with van der Waals surface area (Å²) >= 11 is 0. The van der Waals surface area contributed by atoms with Gasteiger partial charge in [-0.05, 0) is 18.5 Å². The van der Waals surface area contributed by atoms with E-state index in [2.05, 4.69) is 4.90 Å². The first-order valence-electron chi connectivity index (χ1n) is 6.98. The van der Waals surface area contributed by atoms with Crippen molar-refractivity contribution < 1.29 is 14.3 Å². The minimum Gasteiger partial charge on any atom is -0.467 e. The lowest BCUT2D eigenvalue weighted by Gasteiger charge is -2.36. The van der Waals surface area contributed by atoms with E-state index < -0.39 is 0 Å². The summed E-state index contributed by atoms with van der Waals surface area (Å²) in [6.45, 7) is 3.93. The van der Waals surface area contributed by atoms with Gasteiger partial charge in [0.25, 0.3) is 6.47 Å². The molecule has 2 unspecified atom stereocenters. The van der Waals surface area contributed by atoms with Crippen molar-refractivity contribution in [3.8, 4) is 0 Å². The lowest BCUT2D eigenvalue weighted by atomic mass is 10.0. The molecule has 1 aromatic rings. The maximum atomic E-state index is 10.1. The molecule has 0 saturated carbocycles. The molecule has 2 atom stereocenters. The standard InChI is InChI=1S/C15H22N2O3/c16-14-6-7-17(8-9-19-12-18)10-15(14)20-11-13-4-2-1-3-5-13/h1-5,12,14-15H,6-11,16H2. The minimum atomic E-state index is 0.0280. The Morgan fingerprint density at radius 2 is 2.15 bits per heavy atom. The van der Waals surface area contributed by atoms with Crippen molar-refractivity contribution in [1.82, 2.24) is 4.90 Å². The van der Waals surface area contributed by atoms with E-state index in [1.165, 1.54) is 0 Å². The predicted molar refractivity (Wildman–Crippen MR) is 76.1 cm³/mol. The van der Waals surface area contributed by atoms with Crippen molar-refractivity contribution in [2.24, 2.45) is 5.73 Å². The predicted octanol–water partition coefficient (Wildman–Crippen LogP) is 0.778. The van der Waals surface area contributed by atoms with Gasteiger partial charge in [-0.15, -0.1) is 0 Å². The van der Waals surface area contributed by atoms with Gasteiger partial charge in [0, 0.05) is 19.1 Å². The van der Waals surface area contributed by atoms with Crippen LogP contribution in [0.3, 0.4) is 0 Å². The summed E-state index contributed by atoms with van der Waals surface area (Å²) in [5.74, 6) is 0. The average molecular weight is 278 g/mol. The number of hydrogen-bond acceptors (Lipinski definition) is 5. The molecule has 1 fully saturated rings. The Morgan fingerprint density at radius 1 is 1.35 bits per heavy atom. The highest BCUT2D eigenvalue weighted by Crippen LogP contribution is 2.14. The van der Waals surface area contributed by atoms with Gasteiger partial charge < -0.3 is 15.2 Å². The Hall–Kier alpha value is -1.43. The SMILES string of the molecule is NC1CCN(CCOC=O)CC1OCc1ccccc1. The fourth-order valence-corrected chi connectivity index (χ4v) is 2.39. The van der Waals surface area contributed by atoms with Gasteiger partial charge in [-0.25, -0.2) is 0 Å². The summed E-state index contributed by atoms with van der Waals surface area (Å²) in [5, 5.41) is 0. The molecule has 0 aliphatic carbocycles. The molecule has 20 heavy (non-hydrogen) atoms. The molecule has 1 aliphatic heterocycles. The van der Waals surface area contributed by atoms with Gasteiger partial charge >= 0.3 is 0 Å². The zero-order chi connectivity index (χ0) is 14.2. The molecule has 1 aliphatic rings. The average Bonchev–Trinajstić information content (AvgIpc) is 2.49. The molecule has 5 nitrogen and oxygen atoms in total. The zero-order valence-corrected chi connectivity index (χ0v) is 11.6. The van der Waals surface area contributed by atoms with Crippen LogP contribution in [-0.2, 0) is 20.9 Å². The second-order valence-corrected chi connectivity index (χ2v) is 5.06. The van der Waals surface area contributed by atoms with Gasteiger partial charge in [-0.2, -0.15) is 0 Å². The number of piperidine rings is 1. The number of hydrogen-bond donors (Lipinski definition) is 1. The summed E-state index contributed by atoms with van der Waals surface area (Å²) in [7, 11) is 0. The van der Waals surface area contributed by atoms with Crippen molar-refractivity contribution in [3.63, 3.8) is 0 Å². The number of benzene rings is 1. The summed E-state index contributed by atoms with van der Waals surface area (Å²) in [5.41, 5.74) is 7.27. The highest BCUT2D eigenvalue weighted by Gasteiger charge is 2.27. The van der Waals surface area contributed by atoms with E-state index in [0.29, 0.717) is 19.7 Å². The molecular formula is C15H22N2O3. The number of likely N-dealkylation sites (tertiary alicyclic amines) is 1. The van der Waals surface area contributed by atoms with Gasteiger partial charge in [0.05, 0.1) is 12.7 Å². The molecule has 110 valence electrons. The van der Waals surface area contributed by atoms with Crippen LogP contribution in [0.2, 0.25) is 0 Å². The van der Waals surface area contributed by atoms with Crippen molar-refractivity contribution in [2.75, 3.05) is 26.2 Å². The molecule has 1 aromatic carbocycles. The molecule has 0 radical (unpaired) electrons. The second-order valence-electron chi connectivity index (χ2n) is 5.06. The number of nitrogens with zero attached hydrogens (tertiary/aromatic N) is 1. The smallest absolute Gasteiger partial charge is 0.293 e. The van der Waals surface area contributed by atoms with E-state index in [1.807, 2.05) is 30.3 Å². The lowest BCUT2D eigenvalue weighted by Crippen LogP contribution is -2.52. The molecule has 0 spiro atoms. The molecule has 2 N–H and O–H groups in total. The van der Waals surface area contributed by atoms with E-state index in [4.69, 9.17) is 15.2 Å². The Kier molecular flexibility index (Phi) is 5.98. The lowest BCUT2D eigenvalue weighted by molar-refractivity contribution is -0.129. The normalized spacial score (nSPS) is 23.4. The highest BCUT2D eigenvalue weighted by molar-refractivity contribution is 5.36. The highest BCUT2D eigenvalue weighted by atomic mass is 16.5. The van der Waals surface area contributed by atoms with Crippen LogP contribution in [0.25, 0.3) is 0 Å². The molecule has 1 saturated heterocycles. The summed E-state index contributed by atoms with van der Waals surface area (Å²) in [6, 6.07) is 10.2. The van der Waals surface area contributed by atoms with Crippen LogP contribution in [0.1, 0.15) is 12.0 Å². The fourth-order valence-electron chi connectivity index (χ4n) is 2.39. The van der Waals surface area contributed by atoms with Crippen LogP contribution in [0.4, 0.5) is 0 Å². The number of carbonyl (C=O) groups is 1. The van der Waals surface area contributed by atoms with Crippen molar-refractivity contribution in [1.29, 1.82) is 0 Å². The van der Waals surface area contributed by atoms with Crippen molar-refractivity contribution in [2.45, 2.75) is 25.2 Å². The molecule has 0 amide bonds. The van der Waals surface area contributed by atoms with Crippen LogP contribution >= 0.6 is 0 Å². The Labute approximate surface area is 119 Å². The first kappa shape index (κ1) is 15.0. The Morgan fingerprint density at radius 3 is 2.90 bits per heavy atom. The third-order valence-electron chi connectivity index (χ3n) is 3.59. The fraction of sp³-hybridized carbons (Fsp3) is 0.533. The van der Waals surface area contributed by atoms with Gasteiger partial charge in [0.15, 0.2) is 0 Å². The summed E-state index contributed by atoms with van der Waals surface area (Å²) in [6.07, 6.45) is 0.931. The maximum Gasteiger partial charge on any atom is 0.293 e. The van der Waals surface area contributed by atoms with Crippen LogP contribution in [0.5, 0.6) is 0 Å². The van der Waals surface area contributed by atoms with Crippen LogP contribution in [0.15, 0.2) is 30.3 Å². The first-order valence-corrected chi connectivity index (χ1v) is 6.98. The minimum absolute atomic E-state index is 0.0280. The summed E-state index contributed by atoms with van der Waals surface area (Å²) in [4.78, 5) is 12.4. The third-order valence-corrected chi connectivity index (χ3v) is 3.59. The Balaban J connectivity index is 1.78. The Bertz CT molecular complexity index is 399. The van der Waals surface area contributed by atoms with Crippen LogP contribution in [-0.4, -0.2) is 49.8 Å². The summed E-state index contributed by atoms with van der Waals surface area (Å²) < 4.78 is 10.7. The van der Waals surface area contributed by atoms with Crippen LogP contribution in [0, 0.1) is 0 Å². The zero-order valence-electron chi connectivity index (χ0n) is 11.6. The van der Waals surface area contributed by atoms with E-state index in [0.717, 1.165) is 31.6 Å². The number of rotatable bonds is 7. The quantitative estimate of drug-likeness (QED) is 0.590. The number of ether oxygens (including phenoxy) is 2. The monoisotopic (exact) mass is 278 g/mol.